The lowest BCUT2D eigenvalue weighted by Crippen LogP contribution is -2.12. The van der Waals surface area contributed by atoms with Crippen LogP contribution in [0.15, 0.2) is 4.99 Å². The Morgan fingerprint density at radius 3 is 2.57 bits per heavy atom. The minimum Gasteiger partial charge on any atom is -0.287 e. The van der Waals surface area contributed by atoms with E-state index in [1.54, 1.807) is 0 Å². The quantitative estimate of drug-likeness (QED) is 0.461. The maximum Gasteiger partial charge on any atom is 0.110 e. The lowest BCUT2D eigenvalue weighted by Gasteiger charge is -1.97. The van der Waals surface area contributed by atoms with E-state index in [1.807, 2.05) is 0 Å². The van der Waals surface area contributed by atoms with Gasteiger partial charge in [-0.2, -0.15) is 0 Å². The van der Waals surface area contributed by atoms with Crippen molar-refractivity contribution >= 4 is 6.34 Å². The van der Waals surface area contributed by atoms with Gasteiger partial charge in [0.25, 0.3) is 0 Å². The standard InChI is InChI=1S/C3H6N2O.CH/c6-5-2-1-4-3-5;/h3,6H,1-2H2;1H. The number of aliphatic imine (C=N–C) groups is 1. The third kappa shape index (κ3) is 1.55. The minimum atomic E-state index is 0. The molecule has 0 aromatic heterocycles. The molecule has 1 aliphatic heterocycles. The van der Waals surface area contributed by atoms with Gasteiger partial charge >= 0.3 is 0 Å². The van der Waals surface area contributed by atoms with Crippen molar-refractivity contribution in [3.8, 4) is 0 Å². The van der Waals surface area contributed by atoms with Gasteiger partial charge in [0.2, 0.25) is 0 Å². The van der Waals surface area contributed by atoms with Gasteiger partial charge in [-0.3, -0.25) is 10.2 Å². The first kappa shape index (κ1) is 6.43. The minimum absolute atomic E-state index is 0. The highest BCUT2D eigenvalue weighted by Crippen LogP contribution is 1.83. The molecule has 7 heavy (non-hydrogen) atoms. The first-order valence-electron chi connectivity index (χ1n) is 1.85. The molecule has 3 nitrogen and oxygen atoms in total. The predicted molar refractivity (Wildman–Crippen MR) is 26.2 cm³/mol. The fraction of sp³-hybridized carbons (Fsp3) is 0.500. The molecule has 0 amide bonds. The third-order valence-electron chi connectivity index (χ3n) is 0.673. The van der Waals surface area contributed by atoms with E-state index in [2.05, 4.69) is 4.99 Å². The van der Waals surface area contributed by atoms with Crippen LogP contribution >= 0.6 is 0 Å². The van der Waals surface area contributed by atoms with Gasteiger partial charge in [0, 0.05) is 0 Å². The van der Waals surface area contributed by atoms with Crippen molar-refractivity contribution in [1.82, 2.24) is 5.06 Å². The molecule has 1 heterocycles. The Morgan fingerprint density at radius 1 is 1.71 bits per heavy atom. The molecule has 0 saturated carbocycles. The highest BCUT2D eigenvalue weighted by Gasteiger charge is 1.96. The molecule has 0 bridgehead atoms. The third-order valence-corrected chi connectivity index (χ3v) is 0.673. The van der Waals surface area contributed by atoms with Gasteiger partial charge < -0.3 is 0 Å². The van der Waals surface area contributed by atoms with Crippen molar-refractivity contribution in [2.75, 3.05) is 13.1 Å². The molecule has 1 N–H and O–H groups in total. The van der Waals surface area contributed by atoms with Crippen molar-refractivity contribution in [3.63, 3.8) is 0 Å². The Balaban J connectivity index is 0.000000360. The monoisotopic (exact) mass is 99.1 g/mol. The molecule has 0 atom stereocenters. The van der Waals surface area contributed by atoms with Gasteiger partial charge in [-0.1, -0.05) is 0 Å². The normalized spacial score (nSPS) is 17.0. The van der Waals surface area contributed by atoms with Crippen LogP contribution in [0.4, 0.5) is 0 Å². The summed E-state index contributed by atoms with van der Waals surface area (Å²) in [4.78, 5) is 3.72. The molecule has 0 aromatic rings. The highest BCUT2D eigenvalue weighted by atomic mass is 16.5. The SMILES string of the molecule is ON1C=NCC1.[CH]. The van der Waals surface area contributed by atoms with Crippen LogP contribution in [-0.2, 0) is 0 Å². The molecule has 0 saturated heterocycles. The van der Waals surface area contributed by atoms with E-state index in [1.165, 1.54) is 6.34 Å². The maximum absolute atomic E-state index is 8.41. The van der Waals surface area contributed by atoms with Crippen LogP contribution in [0.25, 0.3) is 0 Å². The molecule has 0 spiro atoms. The number of hydrogen-bond donors (Lipinski definition) is 1. The summed E-state index contributed by atoms with van der Waals surface area (Å²) in [6.07, 6.45) is 1.42. The Hall–Kier alpha value is -0.570. The van der Waals surface area contributed by atoms with Gasteiger partial charge in [-0.25, -0.2) is 5.06 Å². The van der Waals surface area contributed by atoms with Crippen LogP contribution in [0.3, 0.4) is 0 Å². The Bertz CT molecular complexity index is 72.1. The van der Waals surface area contributed by atoms with Crippen LogP contribution in [0.5, 0.6) is 0 Å². The number of hydroxylamine groups is 2. The lowest BCUT2D eigenvalue weighted by atomic mass is 10.7. The summed E-state index contributed by atoms with van der Waals surface area (Å²) >= 11 is 0. The molecule has 0 fully saturated rings. The molecule has 1 rings (SSSR count). The van der Waals surface area contributed by atoms with Crippen LogP contribution in [0, 0.1) is 7.43 Å². The lowest BCUT2D eigenvalue weighted by molar-refractivity contribution is 0.00310. The average Bonchev–Trinajstić information content (AvgIpc) is 1.86. The Morgan fingerprint density at radius 2 is 2.43 bits per heavy atom. The van der Waals surface area contributed by atoms with Gasteiger partial charge in [0.1, 0.15) is 6.34 Å². The molecular weight excluding hydrogens is 92.1 g/mol. The van der Waals surface area contributed by atoms with E-state index in [0.717, 1.165) is 11.6 Å². The first-order valence-corrected chi connectivity index (χ1v) is 1.85. The van der Waals surface area contributed by atoms with Crippen molar-refractivity contribution in [3.05, 3.63) is 7.43 Å². The Labute approximate surface area is 43.2 Å². The maximum atomic E-state index is 8.41. The zero-order valence-electron chi connectivity index (χ0n) is 3.91. The second-order valence-corrected chi connectivity index (χ2v) is 1.18. The molecule has 3 radical (unpaired) electrons. The first-order chi connectivity index (χ1) is 2.89. The zero-order valence-corrected chi connectivity index (χ0v) is 3.91. The van der Waals surface area contributed by atoms with Gasteiger partial charge in [-0.05, 0) is 7.43 Å². The fourth-order valence-electron chi connectivity index (χ4n) is 0.370. The van der Waals surface area contributed by atoms with E-state index in [-0.39, 0.29) is 7.43 Å². The summed E-state index contributed by atoms with van der Waals surface area (Å²) in [5, 5.41) is 9.48. The fourth-order valence-corrected chi connectivity index (χ4v) is 0.370. The summed E-state index contributed by atoms with van der Waals surface area (Å²) < 4.78 is 0. The largest absolute Gasteiger partial charge is 0.287 e. The molecular formula is C4H7N2O. The van der Waals surface area contributed by atoms with Gasteiger partial charge in [0.15, 0.2) is 0 Å². The van der Waals surface area contributed by atoms with Crippen LogP contribution in [-0.4, -0.2) is 29.7 Å². The summed E-state index contributed by atoms with van der Waals surface area (Å²) in [7, 11) is 0. The van der Waals surface area contributed by atoms with E-state index < -0.39 is 0 Å². The molecule has 1 aliphatic rings. The molecule has 39 valence electrons. The van der Waals surface area contributed by atoms with E-state index >= 15 is 0 Å². The summed E-state index contributed by atoms with van der Waals surface area (Å²) in [6.45, 7) is 1.39. The predicted octanol–water partition coefficient (Wildman–Crippen LogP) is -0.0762. The van der Waals surface area contributed by atoms with Crippen LogP contribution in [0.1, 0.15) is 0 Å². The highest BCUT2D eigenvalue weighted by molar-refractivity contribution is 5.54. The number of hydrogen-bond acceptors (Lipinski definition) is 3. The number of nitrogens with zero attached hydrogens (tertiary/aromatic N) is 2. The van der Waals surface area contributed by atoms with Crippen molar-refractivity contribution in [2.45, 2.75) is 0 Å². The van der Waals surface area contributed by atoms with Crippen molar-refractivity contribution in [1.29, 1.82) is 0 Å². The molecule has 0 aromatic carbocycles. The van der Waals surface area contributed by atoms with Crippen molar-refractivity contribution < 1.29 is 5.21 Å². The topological polar surface area (TPSA) is 35.8 Å². The van der Waals surface area contributed by atoms with Crippen LogP contribution < -0.4 is 0 Å². The average molecular weight is 99.1 g/mol. The zero-order chi connectivity index (χ0) is 4.41. The summed E-state index contributed by atoms with van der Waals surface area (Å²) in [6, 6.07) is 0. The number of rotatable bonds is 0. The van der Waals surface area contributed by atoms with Gasteiger partial charge in [0.05, 0.1) is 13.1 Å². The second-order valence-electron chi connectivity index (χ2n) is 1.18. The molecule has 3 heteroatoms. The summed E-state index contributed by atoms with van der Waals surface area (Å²) in [5.41, 5.74) is 0. The summed E-state index contributed by atoms with van der Waals surface area (Å²) in [5.74, 6) is 0. The molecule has 0 aliphatic carbocycles. The second kappa shape index (κ2) is 2.58. The van der Waals surface area contributed by atoms with E-state index in [9.17, 15) is 0 Å². The molecule has 0 unspecified atom stereocenters. The smallest absolute Gasteiger partial charge is 0.110 e. The Kier molecular flexibility index (Phi) is 2.37. The van der Waals surface area contributed by atoms with Crippen molar-refractivity contribution in [2.24, 2.45) is 4.99 Å². The van der Waals surface area contributed by atoms with Crippen LogP contribution in [0.2, 0.25) is 0 Å². The van der Waals surface area contributed by atoms with Gasteiger partial charge in [-0.15, -0.1) is 0 Å². The van der Waals surface area contributed by atoms with E-state index in [4.69, 9.17) is 5.21 Å². The van der Waals surface area contributed by atoms with E-state index in [0.29, 0.717) is 6.54 Å².